The summed E-state index contributed by atoms with van der Waals surface area (Å²) in [5, 5.41) is 3.19. The lowest BCUT2D eigenvalue weighted by Crippen LogP contribution is -2.38. The first-order valence-electron chi connectivity index (χ1n) is 5.54. The Labute approximate surface area is 105 Å². The van der Waals surface area contributed by atoms with Crippen molar-refractivity contribution in [3.8, 4) is 0 Å². The molecule has 2 aromatic heterocycles. The molecule has 2 rings (SSSR count). The molecule has 0 aliphatic heterocycles. The molecule has 1 atom stereocenters. The van der Waals surface area contributed by atoms with E-state index in [1.807, 2.05) is 19.1 Å². The number of hydrogen-bond acceptors (Lipinski definition) is 5. The van der Waals surface area contributed by atoms with Crippen molar-refractivity contribution in [2.45, 2.75) is 25.8 Å². The molecule has 4 nitrogen and oxygen atoms in total. The predicted molar refractivity (Wildman–Crippen MR) is 69.6 cm³/mol. The van der Waals surface area contributed by atoms with Crippen LogP contribution in [0.25, 0.3) is 0 Å². The van der Waals surface area contributed by atoms with E-state index in [0.29, 0.717) is 0 Å². The molecule has 17 heavy (non-hydrogen) atoms. The number of hydrogen-bond donors (Lipinski definition) is 2. The van der Waals surface area contributed by atoms with Gasteiger partial charge in [0.25, 0.3) is 0 Å². The highest BCUT2D eigenvalue weighted by Gasteiger charge is 2.10. The normalized spacial score (nSPS) is 12.6. The number of nitrogens with one attached hydrogen (secondary N) is 1. The minimum Gasteiger partial charge on any atom is -0.271 e. The van der Waals surface area contributed by atoms with E-state index in [9.17, 15) is 0 Å². The zero-order valence-corrected chi connectivity index (χ0v) is 10.6. The summed E-state index contributed by atoms with van der Waals surface area (Å²) in [6, 6.07) is 4.23. The lowest BCUT2D eigenvalue weighted by molar-refractivity contribution is 0.521. The third-order valence-corrected chi connectivity index (χ3v) is 3.54. The average molecular weight is 248 g/mol. The van der Waals surface area contributed by atoms with Gasteiger partial charge in [0.15, 0.2) is 0 Å². The Balaban J connectivity index is 1.98. The van der Waals surface area contributed by atoms with Crippen LogP contribution in [-0.2, 0) is 12.8 Å². The number of aromatic nitrogens is 2. The molecule has 90 valence electrons. The Kier molecular flexibility index (Phi) is 4.19. The second-order valence-electron chi connectivity index (χ2n) is 4.01. The highest BCUT2D eigenvalue weighted by molar-refractivity contribution is 7.09. The Morgan fingerprint density at radius 1 is 1.35 bits per heavy atom. The lowest BCUT2D eigenvalue weighted by atomic mass is 10.1. The Morgan fingerprint density at radius 2 is 2.12 bits per heavy atom. The van der Waals surface area contributed by atoms with Gasteiger partial charge in [0, 0.05) is 35.9 Å². The highest BCUT2D eigenvalue weighted by atomic mass is 32.1. The minimum absolute atomic E-state index is 0.211. The smallest absolute Gasteiger partial charge is 0.0944 e. The maximum absolute atomic E-state index is 5.59. The maximum Gasteiger partial charge on any atom is 0.0944 e. The van der Waals surface area contributed by atoms with E-state index in [4.69, 9.17) is 5.84 Å². The quantitative estimate of drug-likeness (QED) is 0.621. The summed E-state index contributed by atoms with van der Waals surface area (Å²) in [5.41, 5.74) is 5.16. The van der Waals surface area contributed by atoms with Gasteiger partial charge < -0.3 is 0 Å². The minimum atomic E-state index is 0.211. The molecule has 0 aromatic carbocycles. The average Bonchev–Trinajstić information content (AvgIpc) is 2.75. The fourth-order valence-corrected chi connectivity index (χ4v) is 2.55. The molecule has 0 aliphatic rings. The molecule has 2 aromatic rings. The van der Waals surface area contributed by atoms with Crippen molar-refractivity contribution in [2.75, 3.05) is 0 Å². The lowest BCUT2D eigenvalue weighted by Gasteiger charge is -2.14. The number of rotatable bonds is 5. The van der Waals surface area contributed by atoms with Crippen LogP contribution in [0.2, 0.25) is 0 Å². The SMILES string of the molecule is Cc1csc(CC(Cc2ccncc2)NN)n1. The number of hydrazine groups is 1. The standard InChI is InChI=1S/C12H16N4S/c1-9-8-17-12(15-9)7-11(16-13)6-10-2-4-14-5-3-10/h2-5,8,11,16H,6-7,13H2,1H3. The summed E-state index contributed by atoms with van der Waals surface area (Å²) < 4.78 is 0. The fraction of sp³-hybridized carbons (Fsp3) is 0.333. The Bertz CT molecular complexity index is 455. The summed E-state index contributed by atoms with van der Waals surface area (Å²) in [5.74, 6) is 5.59. The molecule has 0 aliphatic carbocycles. The van der Waals surface area contributed by atoms with Gasteiger partial charge in [0.05, 0.1) is 5.01 Å². The Hall–Kier alpha value is -1.30. The van der Waals surface area contributed by atoms with E-state index in [1.54, 1.807) is 23.7 Å². The van der Waals surface area contributed by atoms with Crippen LogP contribution in [0.1, 0.15) is 16.3 Å². The van der Waals surface area contributed by atoms with Gasteiger partial charge in [-0.25, -0.2) is 4.98 Å². The molecule has 2 heterocycles. The van der Waals surface area contributed by atoms with Crippen LogP contribution < -0.4 is 11.3 Å². The van der Waals surface area contributed by atoms with Crippen molar-refractivity contribution < 1.29 is 0 Å². The van der Waals surface area contributed by atoms with Crippen LogP contribution in [0, 0.1) is 6.92 Å². The molecule has 1 unspecified atom stereocenters. The number of thiazole rings is 1. The topological polar surface area (TPSA) is 63.8 Å². The second kappa shape index (κ2) is 5.86. The summed E-state index contributed by atoms with van der Waals surface area (Å²) >= 11 is 1.68. The molecular weight excluding hydrogens is 232 g/mol. The molecular formula is C12H16N4S. The zero-order chi connectivity index (χ0) is 12.1. The summed E-state index contributed by atoms with van der Waals surface area (Å²) in [7, 11) is 0. The van der Waals surface area contributed by atoms with E-state index >= 15 is 0 Å². The van der Waals surface area contributed by atoms with Gasteiger partial charge >= 0.3 is 0 Å². The van der Waals surface area contributed by atoms with Crippen molar-refractivity contribution in [1.82, 2.24) is 15.4 Å². The Morgan fingerprint density at radius 3 is 2.71 bits per heavy atom. The fourth-order valence-electron chi connectivity index (χ4n) is 1.70. The van der Waals surface area contributed by atoms with Crippen molar-refractivity contribution in [1.29, 1.82) is 0 Å². The number of nitrogens with zero attached hydrogens (tertiary/aromatic N) is 2. The molecule has 5 heteroatoms. The zero-order valence-electron chi connectivity index (χ0n) is 9.76. The van der Waals surface area contributed by atoms with E-state index in [-0.39, 0.29) is 6.04 Å². The van der Waals surface area contributed by atoms with Crippen LogP contribution in [0.15, 0.2) is 29.9 Å². The first kappa shape index (κ1) is 12.2. The third-order valence-electron chi connectivity index (χ3n) is 2.55. The van der Waals surface area contributed by atoms with Gasteiger partial charge in [-0.3, -0.25) is 16.3 Å². The van der Waals surface area contributed by atoms with Crippen LogP contribution in [0.4, 0.5) is 0 Å². The van der Waals surface area contributed by atoms with Gasteiger partial charge in [0.2, 0.25) is 0 Å². The van der Waals surface area contributed by atoms with Crippen molar-refractivity contribution in [2.24, 2.45) is 5.84 Å². The molecule has 0 amide bonds. The second-order valence-corrected chi connectivity index (χ2v) is 4.95. The third kappa shape index (κ3) is 3.59. The monoisotopic (exact) mass is 248 g/mol. The molecule has 3 N–H and O–H groups in total. The summed E-state index contributed by atoms with van der Waals surface area (Å²) in [6.45, 7) is 2.01. The van der Waals surface area contributed by atoms with Crippen LogP contribution in [0.5, 0.6) is 0 Å². The molecule has 0 spiro atoms. The van der Waals surface area contributed by atoms with Gasteiger partial charge in [-0.15, -0.1) is 11.3 Å². The van der Waals surface area contributed by atoms with Crippen molar-refractivity contribution in [3.05, 3.63) is 46.2 Å². The predicted octanol–water partition coefficient (Wildman–Crippen LogP) is 1.46. The molecule has 0 fully saturated rings. The van der Waals surface area contributed by atoms with Crippen LogP contribution >= 0.6 is 11.3 Å². The van der Waals surface area contributed by atoms with Gasteiger partial charge in [-0.1, -0.05) is 0 Å². The number of nitrogens with two attached hydrogens (primary N) is 1. The molecule has 0 saturated carbocycles. The number of pyridine rings is 1. The van der Waals surface area contributed by atoms with Gasteiger partial charge in [0.1, 0.15) is 0 Å². The molecule has 0 bridgehead atoms. The van der Waals surface area contributed by atoms with E-state index in [2.05, 4.69) is 20.8 Å². The largest absolute Gasteiger partial charge is 0.271 e. The van der Waals surface area contributed by atoms with Crippen LogP contribution in [-0.4, -0.2) is 16.0 Å². The molecule has 0 saturated heterocycles. The van der Waals surface area contributed by atoms with Crippen molar-refractivity contribution in [3.63, 3.8) is 0 Å². The van der Waals surface area contributed by atoms with E-state index in [0.717, 1.165) is 23.5 Å². The van der Waals surface area contributed by atoms with E-state index in [1.165, 1.54) is 5.56 Å². The summed E-state index contributed by atoms with van der Waals surface area (Å²) in [6.07, 6.45) is 5.35. The maximum atomic E-state index is 5.59. The van der Waals surface area contributed by atoms with Crippen molar-refractivity contribution >= 4 is 11.3 Å². The first-order valence-corrected chi connectivity index (χ1v) is 6.42. The van der Waals surface area contributed by atoms with Crippen LogP contribution in [0.3, 0.4) is 0 Å². The molecule has 0 radical (unpaired) electrons. The summed E-state index contributed by atoms with van der Waals surface area (Å²) in [4.78, 5) is 8.45. The first-order chi connectivity index (χ1) is 8.28. The van der Waals surface area contributed by atoms with Gasteiger partial charge in [-0.2, -0.15) is 0 Å². The van der Waals surface area contributed by atoms with Gasteiger partial charge in [-0.05, 0) is 31.0 Å². The number of aryl methyl sites for hydroxylation is 1. The van der Waals surface area contributed by atoms with E-state index < -0.39 is 0 Å². The highest BCUT2D eigenvalue weighted by Crippen LogP contribution is 2.13.